The first-order chi connectivity index (χ1) is 6.24. The number of thiazole rings is 1. The second-order valence-corrected chi connectivity index (χ2v) is 4.51. The molecule has 0 radical (unpaired) electrons. The number of hydrogen-bond donors (Lipinski definition) is 0. The first kappa shape index (κ1) is 10.7. The van der Waals surface area contributed by atoms with Crippen molar-refractivity contribution in [1.82, 2.24) is 4.98 Å². The zero-order valence-corrected chi connectivity index (χ0v) is 9.36. The third-order valence-electron chi connectivity index (χ3n) is 1.71. The first-order valence-corrected chi connectivity index (χ1v) is 5.58. The minimum absolute atomic E-state index is 0.581. The fraction of sp³-hybridized carbons (Fsp3) is 0.700. The van der Waals surface area contributed by atoms with Crippen LogP contribution in [0.2, 0.25) is 0 Å². The molecule has 13 heavy (non-hydrogen) atoms. The topological polar surface area (TPSA) is 22.1 Å². The van der Waals surface area contributed by atoms with Crippen molar-refractivity contribution in [3.05, 3.63) is 16.1 Å². The third kappa shape index (κ3) is 3.44. The van der Waals surface area contributed by atoms with Gasteiger partial charge in [0.1, 0.15) is 5.01 Å². The van der Waals surface area contributed by atoms with Crippen molar-refractivity contribution in [3.63, 3.8) is 0 Å². The lowest BCUT2D eigenvalue weighted by molar-refractivity contribution is 0.121. The van der Waals surface area contributed by atoms with Crippen LogP contribution >= 0.6 is 11.3 Å². The van der Waals surface area contributed by atoms with Gasteiger partial charge in [-0.25, -0.2) is 4.98 Å². The van der Waals surface area contributed by atoms with Crippen molar-refractivity contribution >= 4 is 11.3 Å². The van der Waals surface area contributed by atoms with Crippen molar-refractivity contribution in [2.45, 2.75) is 39.7 Å². The van der Waals surface area contributed by atoms with E-state index in [1.807, 2.05) is 6.20 Å². The maximum Gasteiger partial charge on any atom is 0.119 e. The van der Waals surface area contributed by atoms with Gasteiger partial charge in [-0.15, -0.1) is 11.3 Å². The molecule has 1 aromatic rings. The standard InChI is InChI=1S/C10H17NOS/c1-4-5-12-7-10-11-6-9(13-10)8(2)3/h6,8H,4-5,7H2,1-3H3. The molecule has 1 heterocycles. The molecular weight excluding hydrogens is 182 g/mol. The smallest absolute Gasteiger partial charge is 0.119 e. The van der Waals surface area contributed by atoms with E-state index >= 15 is 0 Å². The van der Waals surface area contributed by atoms with Gasteiger partial charge >= 0.3 is 0 Å². The summed E-state index contributed by atoms with van der Waals surface area (Å²) in [4.78, 5) is 5.65. The molecule has 0 saturated carbocycles. The average Bonchev–Trinajstić information content (AvgIpc) is 2.53. The Hall–Kier alpha value is -0.410. The number of hydrogen-bond acceptors (Lipinski definition) is 3. The molecule has 3 heteroatoms. The minimum Gasteiger partial charge on any atom is -0.374 e. The van der Waals surface area contributed by atoms with Crippen LogP contribution in [0.4, 0.5) is 0 Å². The van der Waals surface area contributed by atoms with E-state index in [-0.39, 0.29) is 0 Å². The van der Waals surface area contributed by atoms with E-state index in [1.165, 1.54) is 4.88 Å². The summed E-state index contributed by atoms with van der Waals surface area (Å²) < 4.78 is 5.41. The van der Waals surface area contributed by atoms with Gasteiger partial charge in [-0.2, -0.15) is 0 Å². The minimum atomic E-state index is 0.581. The zero-order chi connectivity index (χ0) is 9.68. The van der Waals surface area contributed by atoms with Crippen LogP contribution in [0.15, 0.2) is 6.20 Å². The summed E-state index contributed by atoms with van der Waals surface area (Å²) in [7, 11) is 0. The van der Waals surface area contributed by atoms with E-state index in [2.05, 4.69) is 25.8 Å². The van der Waals surface area contributed by atoms with Gasteiger partial charge in [0.05, 0.1) is 6.61 Å². The van der Waals surface area contributed by atoms with Crippen LogP contribution in [0.1, 0.15) is 43.0 Å². The maximum absolute atomic E-state index is 5.41. The Morgan fingerprint density at radius 1 is 1.54 bits per heavy atom. The molecule has 1 rings (SSSR count). The summed E-state index contributed by atoms with van der Waals surface area (Å²) in [6.45, 7) is 7.98. The first-order valence-electron chi connectivity index (χ1n) is 4.76. The van der Waals surface area contributed by atoms with Crippen LogP contribution in [0.3, 0.4) is 0 Å². The van der Waals surface area contributed by atoms with E-state index < -0.39 is 0 Å². The predicted molar refractivity (Wildman–Crippen MR) is 56.2 cm³/mol. The molecule has 0 fully saturated rings. The van der Waals surface area contributed by atoms with Crippen molar-refractivity contribution in [2.24, 2.45) is 0 Å². The lowest BCUT2D eigenvalue weighted by Gasteiger charge is -1.98. The molecule has 74 valence electrons. The zero-order valence-electron chi connectivity index (χ0n) is 8.54. The lowest BCUT2D eigenvalue weighted by Crippen LogP contribution is -1.92. The molecule has 0 aliphatic heterocycles. The Kier molecular flexibility index (Phi) is 4.39. The molecule has 0 aliphatic rings. The SMILES string of the molecule is CCCOCc1ncc(C(C)C)s1. The molecule has 2 nitrogen and oxygen atoms in total. The van der Waals surface area contributed by atoms with Gasteiger partial charge in [0.15, 0.2) is 0 Å². The van der Waals surface area contributed by atoms with E-state index in [4.69, 9.17) is 4.74 Å². The molecule has 0 amide bonds. The quantitative estimate of drug-likeness (QED) is 0.679. The van der Waals surface area contributed by atoms with Gasteiger partial charge < -0.3 is 4.74 Å². The van der Waals surface area contributed by atoms with E-state index in [0.29, 0.717) is 12.5 Å². The molecule has 1 aromatic heterocycles. The maximum atomic E-state index is 5.41. The largest absolute Gasteiger partial charge is 0.374 e. The Labute approximate surface area is 84.0 Å². The van der Waals surface area contributed by atoms with E-state index in [1.54, 1.807) is 11.3 Å². The number of aromatic nitrogens is 1. The molecular formula is C10H17NOS. The Morgan fingerprint density at radius 3 is 2.85 bits per heavy atom. The Balaban J connectivity index is 2.40. The van der Waals surface area contributed by atoms with Gasteiger partial charge in [0.2, 0.25) is 0 Å². The summed E-state index contributed by atoms with van der Waals surface area (Å²) in [6.07, 6.45) is 3.03. The molecule has 0 aromatic carbocycles. The van der Waals surface area contributed by atoms with Crippen LogP contribution in [-0.4, -0.2) is 11.6 Å². The lowest BCUT2D eigenvalue weighted by atomic mass is 10.2. The number of nitrogens with zero attached hydrogens (tertiary/aromatic N) is 1. The van der Waals surface area contributed by atoms with Gasteiger partial charge in [-0.05, 0) is 12.3 Å². The van der Waals surface area contributed by atoms with Crippen molar-refractivity contribution in [1.29, 1.82) is 0 Å². The van der Waals surface area contributed by atoms with Crippen LogP contribution < -0.4 is 0 Å². The van der Waals surface area contributed by atoms with Crippen LogP contribution in [-0.2, 0) is 11.3 Å². The van der Waals surface area contributed by atoms with Gasteiger partial charge in [-0.3, -0.25) is 0 Å². The predicted octanol–water partition coefficient (Wildman–Crippen LogP) is 3.19. The second-order valence-electron chi connectivity index (χ2n) is 3.36. The highest BCUT2D eigenvalue weighted by Crippen LogP contribution is 2.22. The highest BCUT2D eigenvalue weighted by molar-refractivity contribution is 7.11. The highest BCUT2D eigenvalue weighted by atomic mass is 32.1. The highest BCUT2D eigenvalue weighted by Gasteiger charge is 2.04. The normalized spacial score (nSPS) is 11.1. The molecule has 0 spiro atoms. The van der Waals surface area contributed by atoms with E-state index in [9.17, 15) is 0 Å². The Morgan fingerprint density at radius 2 is 2.31 bits per heavy atom. The third-order valence-corrected chi connectivity index (χ3v) is 2.99. The molecule has 0 atom stereocenters. The molecule has 0 unspecified atom stereocenters. The van der Waals surface area contributed by atoms with Crippen LogP contribution in [0.25, 0.3) is 0 Å². The molecule has 0 saturated heterocycles. The summed E-state index contributed by atoms with van der Waals surface area (Å²) in [5.41, 5.74) is 0. The van der Waals surface area contributed by atoms with Gasteiger partial charge in [0, 0.05) is 17.7 Å². The molecule has 0 N–H and O–H groups in total. The van der Waals surface area contributed by atoms with Crippen molar-refractivity contribution in [3.8, 4) is 0 Å². The summed E-state index contributed by atoms with van der Waals surface area (Å²) in [6, 6.07) is 0. The summed E-state index contributed by atoms with van der Waals surface area (Å²) in [5, 5.41) is 1.09. The molecule has 0 bridgehead atoms. The molecule has 0 aliphatic carbocycles. The van der Waals surface area contributed by atoms with Gasteiger partial charge in [-0.1, -0.05) is 20.8 Å². The second kappa shape index (κ2) is 5.35. The van der Waals surface area contributed by atoms with Crippen LogP contribution in [0, 0.1) is 0 Å². The summed E-state index contributed by atoms with van der Waals surface area (Å²) in [5.74, 6) is 0.581. The van der Waals surface area contributed by atoms with Gasteiger partial charge in [0.25, 0.3) is 0 Å². The Bertz CT molecular complexity index is 245. The van der Waals surface area contributed by atoms with Crippen molar-refractivity contribution < 1.29 is 4.74 Å². The average molecular weight is 199 g/mol. The number of rotatable bonds is 5. The van der Waals surface area contributed by atoms with Crippen molar-refractivity contribution in [2.75, 3.05) is 6.61 Å². The van der Waals surface area contributed by atoms with E-state index in [0.717, 1.165) is 18.0 Å². The van der Waals surface area contributed by atoms with Crippen LogP contribution in [0.5, 0.6) is 0 Å². The monoisotopic (exact) mass is 199 g/mol. The fourth-order valence-electron chi connectivity index (χ4n) is 0.962. The summed E-state index contributed by atoms with van der Waals surface area (Å²) >= 11 is 1.76. The number of ether oxygens (including phenoxy) is 1. The fourth-order valence-corrected chi connectivity index (χ4v) is 1.82.